The van der Waals surface area contributed by atoms with E-state index in [0.717, 1.165) is 19.4 Å². The smallest absolute Gasteiger partial charge is 0.261 e. The fourth-order valence-electron chi connectivity index (χ4n) is 6.52. The zero-order chi connectivity index (χ0) is 26.4. The molecule has 7 rings (SSSR count). The zero-order valence-corrected chi connectivity index (χ0v) is 23.0. The molecule has 198 valence electrons. The monoisotopic (exact) mass is 570 g/mol. The molecular formula is C29H28Cl2N2O4S. The number of sulfonamides is 1. The Labute approximate surface area is 232 Å². The first-order valence-corrected chi connectivity index (χ1v) is 15.1. The summed E-state index contributed by atoms with van der Waals surface area (Å²) in [5.41, 5.74) is 0.501. The van der Waals surface area contributed by atoms with Gasteiger partial charge in [0.2, 0.25) is 0 Å². The van der Waals surface area contributed by atoms with Crippen LogP contribution in [0.2, 0.25) is 10.0 Å². The number of nitrogens with one attached hydrogen (secondary N) is 1. The van der Waals surface area contributed by atoms with E-state index in [1.165, 1.54) is 31.4 Å². The van der Waals surface area contributed by atoms with Crippen LogP contribution in [0.5, 0.6) is 11.5 Å². The molecule has 0 radical (unpaired) electrons. The lowest BCUT2D eigenvalue weighted by molar-refractivity contribution is 0.0634. The van der Waals surface area contributed by atoms with Gasteiger partial charge in [-0.2, -0.15) is 0 Å². The number of amides is 1. The number of fused-ring (bicyclic) bond motifs is 1. The SMILES string of the molecule is O=C(c1cc(Cl)ccc1NS(=O)(=O)c1ccc(Oc2ccccc2Cl)cc1)N1CC2C[C@H]3CC1C[C@H](C2)C3. The van der Waals surface area contributed by atoms with Crippen molar-refractivity contribution in [2.45, 2.75) is 43.0 Å². The molecule has 4 bridgehead atoms. The van der Waals surface area contributed by atoms with Crippen LogP contribution in [0, 0.1) is 17.8 Å². The van der Waals surface area contributed by atoms with Crippen LogP contribution < -0.4 is 9.46 Å². The van der Waals surface area contributed by atoms with E-state index in [4.69, 9.17) is 27.9 Å². The summed E-state index contributed by atoms with van der Waals surface area (Å²) >= 11 is 12.4. The molecule has 2 heterocycles. The predicted octanol–water partition coefficient (Wildman–Crippen LogP) is 7.24. The molecule has 2 saturated carbocycles. The fraction of sp³-hybridized carbons (Fsp3) is 0.345. The van der Waals surface area contributed by atoms with Crippen LogP contribution in [0.4, 0.5) is 5.69 Å². The highest BCUT2D eigenvalue weighted by molar-refractivity contribution is 7.92. The maximum Gasteiger partial charge on any atom is 0.261 e. The molecule has 38 heavy (non-hydrogen) atoms. The van der Waals surface area contributed by atoms with Crippen molar-refractivity contribution in [3.8, 4) is 11.5 Å². The minimum atomic E-state index is -3.98. The highest BCUT2D eigenvalue weighted by Gasteiger charge is 2.44. The largest absolute Gasteiger partial charge is 0.456 e. The Morgan fingerprint density at radius 1 is 0.868 bits per heavy atom. The number of rotatable bonds is 6. The maximum atomic E-state index is 13.9. The Balaban J connectivity index is 1.24. The second kappa shape index (κ2) is 10.1. The molecule has 1 N–H and O–H groups in total. The van der Waals surface area contributed by atoms with Crippen LogP contribution >= 0.6 is 23.2 Å². The molecule has 2 atom stereocenters. The summed E-state index contributed by atoms with van der Waals surface area (Å²) in [7, 11) is -3.98. The highest BCUT2D eigenvalue weighted by atomic mass is 35.5. The Kier molecular flexibility index (Phi) is 6.79. The molecule has 2 saturated heterocycles. The quantitative estimate of drug-likeness (QED) is 0.339. The lowest BCUT2D eigenvalue weighted by Gasteiger charge is -2.39. The van der Waals surface area contributed by atoms with Crippen molar-refractivity contribution in [3.05, 3.63) is 82.3 Å². The van der Waals surface area contributed by atoms with Crippen molar-refractivity contribution < 1.29 is 17.9 Å². The minimum absolute atomic E-state index is 0.0445. The van der Waals surface area contributed by atoms with Crippen molar-refractivity contribution in [1.82, 2.24) is 4.90 Å². The number of benzene rings is 3. The Hall–Kier alpha value is -2.74. The standard InChI is InChI=1S/C29H28Cl2N2O4S/c30-21-5-10-27(25(16-21)29(34)33-17-20-12-18-11-19(13-20)15-22(33)14-18)32-38(35,36)24-8-6-23(7-9-24)37-28-4-2-1-3-26(28)31/h1-10,16,18-20,22,32H,11-15,17H2/t18-,19-,20?,22?/m0/s1. The van der Waals surface area contributed by atoms with Crippen LogP contribution in [-0.4, -0.2) is 31.8 Å². The van der Waals surface area contributed by atoms with Crippen molar-refractivity contribution in [2.24, 2.45) is 17.8 Å². The van der Waals surface area contributed by atoms with E-state index in [-0.39, 0.29) is 28.1 Å². The summed E-state index contributed by atoms with van der Waals surface area (Å²) in [5.74, 6) is 2.66. The number of hydrogen-bond acceptors (Lipinski definition) is 4. The molecule has 2 aliphatic heterocycles. The van der Waals surface area contributed by atoms with Crippen LogP contribution in [0.3, 0.4) is 0 Å². The third-order valence-corrected chi connectivity index (χ3v) is 9.95. The van der Waals surface area contributed by atoms with E-state index in [2.05, 4.69) is 4.72 Å². The van der Waals surface area contributed by atoms with Gasteiger partial charge in [0.25, 0.3) is 15.9 Å². The number of anilines is 1. The van der Waals surface area contributed by atoms with Gasteiger partial charge in [0.05, 0.1) is 21.2 Å². The van der Waals surface area contributed by atoms with Crippen molar-refractivity contribution in [3.63, 3.8) is 0 Å². The second-order valence-corrected chi connectivity index (χ2v) is 13.2. The second-order valence-electron chi connectivity index (χ2n) is 10.7. The predicted molar refractivity (Wildman–Crippen MR) is 149 cm³/mol. The maximum absolute atomic E-state index is 13.9. The Morgan fingerprint density at radius 2 is 1.55 bits per heavy atom. The lowest BCUT2D eigenvalue weighted by Crippen LogP contribution is -2.42. The van der Waals surface area contributed by atoms with Gasteiger partial charge in [-0.1, -0.05) is 35.3 Å². The van der Waals surface area contributed by atoms with Crippen LogP contribution in [0.1, 0.15) is 42.5 Å². The van der Waals surface area contributed by atoms with E-state index in [9.17, 15) is 13.2 Å². The molecule has 0 unspecified atom stereocenters. The average Bonchev–Trinajstić information content (AvgIpc) is 3.09. The highest BCUT2D eigenvalue weighted by Crippen LogP contribution is 2.48. The minimum Gasteiger partial charge on any atom is -0.456 e. The topological polar surface area (TPSA) is 75.7 Å². The number of para-hydroxylation sites is 1. The lowest BCUT2D eigenvalue weighted by atomic mass is 9.68. The van der Waals surface area contributed by atoms with E-state index in [0.29, 0.717) is 39.3 Å². The molecule has 0 spiro atoms. The van der Waals surface area contributed by atoms with E-state index >= 15 is 0 Å². The number of carbonyl (C=O) groups excluding carboxylic acids is 1. The zero-order valence-electron chi connectivity index (χ0n) is 20.6. The molecule has 4 aliphatic rings. The molecule has 6 nitrogen and oxygen atoms in total. The number of hydrogen-bond donors (Lipinski definition) is 1. The molecule has 0 aromatic heterocycles. The summed E-state index contributed by atoms with van der Waals surface area (Å²) in [4.78, 5) is 15.9. The van der Waals surface area contributed by atoms with Gasteiger partial charge in [0.1, 0.15) is 11.5 Å². The van der Waals surface area contributed by atoms with Crippen LogP contribution in [0.15, 0.2) is 71.6 Å². The van der Waals surface area contributed by atoms with Crippen molar-refractivity contribution in [1.29, 1.82) is 0 Å². The molecule has 1 amide bonds. The van der Waals surface area contributed by atoms with Crippen molar-refractivity contribution in [2.75, 3.05) is 11.3 Å². The summed E-state index contributed by atoms with van der Waals surface area (Å²) < 4.78 is 35.0. The number of nitrogens with zero attached hydrogens (tertiary/aromatic N) is 1. The van der Waals surface area contributed by atoms with Crippen LogP contribution in [-0.2, 0) is 10.0 Å². The summed E-state index contributed by atoms with van der Waals surface area (Å²) in [6, 6.07) is 18.0. The molecule has 3 aromatic rings. The summed E-state index contributed by atoms with van der Waals surface area (Å²) in [6.07, 6.45) is 5.70. The summed E-state index contributed by atoms with van der Waals surface area (Å²) in [5, 5.41) is 0.842. The third kappa shape index (κ3) is 5.12. The molecule has 3 aromatic carbocycles. The average molecular weight is 572 g/mol. The number of carbonyl (C=O) groups is 1. The molecule has 2 aliphatic carbocycles. The normalized spacial score (nSPS) is 24.2. The molecule has 9 heteroatoms. The molecule has 4 fully saturated rings. The fourth-order valence-corrected chi connectivity index (χ4v) is 7.94. The van der Waals surface area contributed by atoms with E-state index < -0.39 is 10.0 Å². The van der Waals surface area contributed by atoms with E-state index in [1.54, 1.807) is 54.6 Å². The van der Waals surface area contributed by atoms with Gasteiger partial charge in [-0.15, -0.1) is 0 Å². The Morgan fingerprint density at radius 3 is 2.26 bits per heavy atom. The van der Waals surface area contributed by atoms with E-state index in [1.807, 2.05) is 4.90 Å². The van der Waals surface area contributed by atoms with Gasteiger partial charge in [-0.25, -0.2) is 8.42 Å². The summed E-state index contributed by atoms with van der Waals surface area (Å²) in [6.45, 7) is 0.724. The number of halogens is 2. The third-order valence-electron chi connectivity index (χ3n) is 8.02. The first kappa shape index (κ1) is 25.5. The Bertz CT molecular complexity index is 1460. The van der Waals surface area contributed by atoms with Gasteiger partial charge in [-0.3, -0.25) is 9.52 Å². The first-order valence-electron chi connectivity index (χ1n) is 12.9. The van der Waals surface area contributed by atoms with Gasteiger partial charge >= 0.3 is 0 Å². The van der Waals surface area contributed by atoms with Gasteiger partial charge in [0, 0.05) is 17.6 Å². The molecular weight excluding hydrogens is 543 g/mol. The number of ether oxygens (including phenoxy) is 1. The van der Waals surface area contributed by atoms with Gasteiger partial charge in [-0.05, 0) is 104 Å². The van der Waals surface area contributed by atoms with Crippen molar-refractivity contribution >= 4 is 44.8 Å². The van der Waals surface area contributed by atoms with Gasteiger partial charge < -0.3 is 9.64 Å². The van der Waals surface area contributed by atoms with Gasteiger partial charge in [0.15, 0.2) is 0 Å². The van der Waals surface area contributed by atoms with Crippen LogP contribution in [0.25, 0.3) is 0 Å². The first-order chi connectivity index (χ1) is 18.2.